The fraction of sp³-hybridized carbons (Fsp3) is 0.154. The largest absolute Gasteiger partial charge is 0.383 e. The van der Waals surface area contributed by atoms with E-state index < -0.39 is 5.82 Å². The molecular weight excluding hydrogens is 462 g/mol. The smallest absolute Gasteiger partial charge is 0.228 e. The number of aromatic nitrogens is 5. The molecule has 3 aromatic heterocycles. The molecular formula is C26H22F2N8. The molecule has 0 spiro atoms. The van der Waals surface area contributed by atoms with Gasteiger partial charge in [-0.3, -0.25) is 0 Å². The summed E-state index contributed by atoms with van der Waals surface area (Å²) >= 11 is 0. The average Bonchev–Trinajstić information content (AvgIpc) is 3.25. The Kier molecular flexibility index (Phi) is 5.40. The molecule has 5 aromatic rings. The quantitative estimate of drug-likeness (QED) is 0.411. The van der Waals surface area contributed by atoms with Gasteiger partial charge >= 0.3 is 0 Å². The van der Waals surface area contributed by atoms with E-state index in [4.69, 9.17) is 15.7 Å². The van der Waals surface area contributed by atoms with E-state index in [1.807, 2.05) is 18.2 Å². The molecule has 1 saturated heterocycles. The van der Waals surface area contributed by atoms with E-state index >= 15 is 0 Å². The first-order chi connectivity index (χ1) is 17.6. The zero-order chi connectivity index (χ0) is 24.6. The number of piperazine rings is 1. The molecule has 0 bridgehead atoms. The number of nitrogen functional groups attached to an aromatic ring is 1. The van der Waals surface area contributed by atoms with Gasteiger partial charge in [0, 0.05) is 37.9 Å². The van der Waals surface area contributed by atoms with Crippen LogP contribution >= 0.6 is 0 Å². The molecule has 2 N–H and O–H groups in total. The fourth-order valence-corrected chi connectivity index (χ4v) is 4.47. The van der Waals surface area contributed by atoms with Crippen molar-refractivity contribution >= 4 is 28.6 Å². The highest BCUT2D eigenvalue weighted by atomic mass is 19.1. The van der Waals surface area contributed by atoms with E-state index in [-0.39, 0.29) is 11.6 Å². The minimum Gasteiger partial charge on any atom is -0.383 e. The summed E-state index contributed by atoms with van der Waals surface area (Å²) in [6.07, 6.45) is 1.78. The number of hydrogen-bond acceptors (Lipinski definition) is 7. The van der Waals surface area contributed by atoms with Crippen LogP contribution in [-0.2, 0) is 0 Å². The second-order valence-electron chi connectivity index (χ2n) is 8.52. The molecule has 6 rings (SSSR count). The highest BCUT2D eigenvalue weighted by molar-refractivity contribution is 5.99. The summed E-state index contributed by atoms with van der Waals surface area (Å²) in [6.45, 7) is 2.83. The molecule has 0 unspecified atom stereocenters. The van der Waals surface area contributed by atoms with E-state index in [0.717, 1.165) is 18.9 Å². The molecule has 1 aliphatic heterocycles. The minimum absolute atomic E-state index is 0.251. The predicted octanol–water partition coefficient (Wildman–Crippen LogP) is 4.06. The number of pyridine rings is 1. The number of nitrogens with two attached hydrogens (primary N) is 1. The van der Waals surface area contributed by atoms with Crippen LogP contribution in [0.1, 0.15) is 0 Å². The van der Waals surface area contributed by atoms with Crippen molar-refractivity contribution in [1.82, 2.24) is 24.7 Å². The lowest BCUT2D eigenvalue weighted by atomic mass is 10.1. The SMILES string of the molecule is Nc1c2c(-c3cccc(F)c3)nc(N3CCN(c4ccccn4)CC3)nc2nn1-c1cccc(F)c1. The van der Waals surface area contributed by atoms with Gasteiger partial charge in [-0.1, -0.05) is 24.3 Å². The Morgan fingerprint density at radius 1 is 0.778 bits per heavy atom. The molecule has 8 nitrogen and oxygen atoms in total. The monoisotopic (exact) mass is 484 g/mol. The van der Waals surface area contributed by atoms with Crippen LogP contribution in [0.4, 0.5) is 26.4 Å². The molecule has 1 aliphatic rings. The standard InChI is InChI=1S/C26H22F2N8/c27-18-6-3-5-17(15-18)23-22-24(29)36(20-8-4-7-19(28)16-20)33-25(22)32-26(31-23)35-13-11-34(12-14-35)21-9-1-2-10-30-21/h1-10,15-16H,11-14,29H2. The van der Waals surface area contributed by atoms with Crippen LogP contribution in [-0.4, -0.2) is 50.9 Å². The Labute approximate surface area is 205 Å². The second kappa shape index (κ2) is 8.88. The molecule has 0 aliphatic carbocycles. The highest BCUT2D eigenvalue weighted by Crippen LogP contribution is 2.34. The molecule has 4 heterocycles. The van der Waals surface area contributed by atoms with Crippen LogP contribution in [0.5, 0.6) is 0 Å². The third kappa shape index (κ3) is 3.96. The summed E-state index contributed by atoms with van der Waals surface area (Å²) < 4.78 is 29.5. The first kappa shape index (κ1) is 21.9. The molecule has 180 valence electrons. The predicted molar refractivity (Wildman–Crippen MR) is 135 cm³/mol. The molecule has 1 fully saturated rings. The average molecular weight is 485 g/mol. The molecule has 0 atom stereocenters. The number of benzene rings is 2. The summed E-state index contributed by atoms with van der Waals surface area (Å²) in [5.74, 6) is 0.860. The van der Waals surface area contributed by atoms with Crippen LogP contribution in [0.3, 0.4) is 0 Å². The lowest BCUT2D eigenvalue weighted by Crippen LogP contribution is -2.47. The zero-order valence-corrected chi connectivity index (χ0v) is 19.2. The Morgan fingerprint density at radius 3 is 2.25 bits per heavy atom. The topological polar surface area (TPSA) is 89.0 Å². The van der Waals surface area contributed by atoms with Crippen molar-refractivity contribution in [1.29, 1.82) is 0 Å². The van der Waals surface area contributed by atoms with Crippen molar-refractivity contribution in [3.63, 3.8) is 0 Å². The maximum atomic E-state index is 14.2. The summed E-state index contributed by atoms with van der Waals surface area (Å²) in [5.41, 5.74) is 8.33. The van der Waals surface area contributed by atoms with Gasteiger partial charge in [0.1, 0.15) is 23.3 Å². The van der Waals surface area contributed by atoms with Gasteiger partial charge in [0.05, 0.1) is 16.8 Å². The molecule has 10 heteroatoms. The summed E-state index contributed by atoms with van der Waals surface area (Å²) in [6, 6.07) is 18.0. The normalized spacial score (nSPS) is 13.9. The van der Waals surface area contributed by atoms with Gasteiger partial charge in [-0.25, -0.2) is 23.4 Å². The number of rotatable bonds is 4. The first-order valence-corrected chi connectivity index (χ1v) is 11.6. The van der Waals surface area contributed by atoms with E-state index in [1.54, 1.807) is 30.5 Å². The van der Waals surface area contributed by atoms with Crippen molar-refractivity contribution < 1.29 is 8.78 Å². The zero-order valence-electron chi connectivity index (χ0n) is 19.2. The van der Waals surface area contributed by atoms with Crippen LogP contribution in [0.15, 0.2) is 72.9 Å². The van der Waals surface area contributed by atoms with Gasteiger partial charge in [0.25, 0.3) is 0 Å². The lowest BCUT2D eigenvalue weighted by Gasteiger charge is -2.35. The Balaban J connectivity index is 1.43. The lowest BCUT2D eigenvalue weighted by molar-refractivity contribution is 0.625. The first-order valence-electron chi connectivity index (χ1n) is 11.6. The highest BCUT2D eigenvalue weighted by Gasteiger charge is 2.24. The van der Waals surface area contributed by atoms with Crippen LogP contribution in [0.25, 0.3) is 28.0 Å². The summed E-state index contributed by atoms with van der Waals surface area (Å²) in [7, 11) is 0. The molecule has 0 amide bonds. The molecule has 0 saturated carbocycles. The van der Waals surface area contributed by atoms with Crippen molar-refractivity contribution in [2.24, 2.45) is 0 Å². The third-order valence-corrected chi connectivity index (χ3v) is 6.24. The van der Waals surface area contributed by atoms with Crippen molar-refractivity contribution in [2.75, 3.05) is 41.7 Å². The van der Waals surface area contributed by atoms with Gasteiger partial charge in [0.15, 0.2) is 5.65 Å². The Hall–Kier alpha value is -4.60. The number of fused-ring (bicyclic) bond motifs is 1. The van der Waals surface area contributed by atoms with Crippen molar-refractivity contribution in [3.8, 4) is 16.9 Å². The minimum atomic E-state index is -0.408. The van der Waals surface area contributed by atoms with Gasteiger partial charge in [0.2, 0.25) is 5.95 Å². The molecule has 0 radical (unpaired) electrons. The molecule has 2 aromatic carbocycles. The van der Waals surface area contributed by atoms with Crippen molar-refractivity contribution in [3.05, 3.63) is 84.6 Å². The van der Waals surface area contributed by atoms with Gasteiger partial charge in [-0.2, -0.15) is 4.98 Å². The number of anilines is 3. The Bertz CT molecular complexity index is 1540. The maximum absolute atomic E-state index is 14.2. The van der Waals surface area contributed by atoms with Crippen LogP contribution in [0.2, 0.25) is 0 Å². The maximum Gasteiger partial charge on any atom is 0.228 e. The van der Waals surface area contributed by atoms with E-state index in [9.17, 15) is 8.78 Å². The summed E-state index contributed by atoms with van der Waals surface area (Å²) in [5, 5.41) is 5.07. The third-order valence-electron chi connectivity index (χ3n) is 6.24. The van der Waals surface area contributed by atoms with E-state index in [0.29, 0.717) is 47.0 Å². The number of halogens is 2. The van der Waals surface area contributed by atoms with Gasteiger partial charge < -0.3 is 15.5 Å². The number of hydrogen-bond donors (Lipinski definition) is 1. The molecule has 36 heavy (non-hydrogen) atoms. The van der Waals surface area contributed by atoms with E-state index in [2.05, 4.69) is 19.9 Å². The second-order valence-corrected chi connectivity index (χ2v) is 8.52. The van der Waals surface area contributed by atoms with Crippen molar-refractivity contribution in [2.45, 2.75) is 0 Å². The van der Waals surface area contributed by atoms with E-state index in [1.165, 1.54) is 28.9 Å². The Morgan fingerprint density at radius 2 is 1.53 bits per heavy atom. The number of nitrogens with zero attached hydrogens (tertiary/aromatic N) is 7. The summed E-state index contributed by atoms with van der Waals surface area (Å²) in [4.78, 5) is 18.3. The van der Waals surface area contributed by atoms with Gasteiger partial charge in [-0.05, 0) is 42.5 Å². The van der Waals surface area contributed by atoms with Crippen LogP contribution in [0, 0.1) is 11.6 Å². The van der Waals surface area contributed by atoms with Crippen LogP contribution < -0.4 is 15.5 Å². The fourth-order valence-electron chi connectivity index (χ4n) is 4.47. The van der Waals surface area contributed by atoms with Gasteiger partial charge in [-0.15, -0.1) is 5.10 Å².